The van der Waals surface area contributed by atoms with Crippen LogP contribution in [0.2, 0.25) is 0 Å². The molecule has 1 fully saturated rings. The molecular formula is C27H33N5O4. The molecule has 9 nitrogen and oxygen atoms in total. The normalized spacial score (nSPS) is 19.7. The fourth-order valence-corrected chi connectivity index (χ4v) is 5.11. The predicted octanol–water partition coefficient (Wildman–Crippen LogP) is 3.33. The summed E-state index contributed by atoms with van der Waals surface area (Å²) < 4.78 is 7.74. The van der Waals surface area contributed by atoms with E-state index >= 15 is 0 Å². The van der Waals surface area contributed by atoms with Crippen LogP contribution in [0.25, 0.3) is 11.0 Å². The molecule has 4 heterocycles. The van der Waals surface area contributed by atoms with Crippen LogP contribution in [0.1, 0.15) is 53.7 Å². The van der Waals surface area contributed by atoms with E-state index in [0.29, 0.717) is 29.1 Å². The number of ether oxygens (including phenoxy) is 1. The summed E-state index contributed by atoms with van der Waals surface area (Å²) in [5.74, 6) is 0.168. The molecule has 190 valence electrons. The van der Waals surface area contributed by atoms with E-state index in [-0.39, 0.29) is 12.5 Å². The van der Waals surface area contributed by atoms with Gasteiger partial charge in [-0.2, -0.15) is 0 Å². The van der Waals surface area contributed by atoms with Crippen molar-refractivity contribution in [3.8, 4) is 0 Å². The van der Waals surface area contributed by atoms with Crippen molar-refractivity contribution in [2.75, 3.05) is 18.5 Å². The van der Waals surface area contributed by atoms with E-state index in [2.05, 4.69) is 27.8 Å². The average Bonchev–Trinajstić information content (AvgIpc) is 3.24. The number of hydrogen-bond acceptors (Lipinski definition) is 6. The van der Waals surface area contributed by atoms with Gasteiger partial charge < -0.3 is 25.0 Å². The second-order valence-electron chi connectivity index (χ2n) is 9.88. The lowest BCUT2D eigenvalue weighted by Gasteiger charge is -2.35. The summed E-state index contributed by atoms with van der Waals surface area (Å²) >= 11 is 0. The minimum atomic E-state index is -1.07. The molecule has 1 atom stereocenters. The Morgan fingerprint density at radius 2 is 2.14 bits per heavy atom. The Morgan fingerprint density at radius 3 is 2.97 bits per heavy atom. The number of fused-ring (bicyclic) bond motifs is 2. The van der Waals surface area contributed by atoms with Crippen molar-refractivity contribution in [2.45, 2.75) is 57.1 Å². The second kappa shape index (κ2) is 10.7. The number of rotatable bonds is 10. The molecular weight excluding hydrogens is 458 g/mol. The molecule has 0 aromatic carbocycles. The van der Waals surface area contributed by atoms with Gasteiger partial charge in [-0.25, -0.2) is 14.8 Å². The smallest absolute Gasteiger partial charge is 0.326 e. The van der Waals surface area contributed by atoms with E-state index in [1.165, 1.54) is 12.0 Å². The average molecular weight is 492 g/mol. The van der Waals surface area contributed by atoms with Gasteiger partial charge in [-0.3, -0.25) is 4.79 Å². The van der Waals surface area contributed by atoms with Crippen LogP contribution in [-0.2, 0) is 29.4 Å². The molecule has 0 bridgehead atoms. The third-order valence-corrected chi connectivity index (χ3v) is 7.33. The highest BCUT2D eigenvalue weighted by molar-refractivity contribution is 6.06. The lowest BCUT2D eigenvalue weighted by Crippen LogP contribution is -2.42. The highest BCUT2D eigenvalue weighted by Gasteiger charge is 2.30. The Bertz CT molecular complexity index is 1250. The lowest BCUT2D eigenvalue weighted by atomic mass is 9.79. The predicted molar refractivity (Wildman–Crippen MR) is 136 cm³/mol. The molecule has 5 rings (SSSR count). The van der Waals surface area contributed by atoms with Gasteiger partial charge in [0, 0.05) is 50.1 Å². The van der Waals surface area contributed by atoms with E-state index in [0.717, 1.165) is 50.2 Å². The number of anilines is 1. The summed E-state index contributed by atoms with van der Waals surface area (Å²) in [4.78, 5) is 33.6. The number of carboxylic acids is 1. The lowest BCUT2D eigenvalue weighted by molar-refractivity contribution is -0.140. The van der Waals surface area contributed by atoms with Crippen LogP contribution in [0.15, 0.2) is 36.7 Å². The maximum absolute atomic E-state index is 12.8. The van der Waals surface area contributed by atoms with Crippen molar-refractivity contribution in [3.63, 3.8) is 0 Å². The fourth-order valence-electron chi connectivity index (χ4n) is 5.11. The minimum Gasteiger partial charge on any atom is -0.480 e. The largest absolute Gasteiger partial charge is 0.480 e. The highest BCUT2D eigenvalue weighted by atomic mass is 16.5. The summed E-state index contributed by atoms with van der Waals surface area (Å²) in [6.45, 7) is 1.29. The van der Waals surface area contributed by atoms with Crippen LogP contribution in [0, 0.1) is 5.92 Å². The number of aliphatic carboxylic acids is 1. The summed E-state index contributed by atoms with van der Waals surface area (Å²) in [6, 6.07) is 6.75. The van der Waals surface area contributed by atoms with Crippen molar-refractivity contribution >= 4 is 28.7 Å². The zero-order chi connectivity index (χ0) is 25.1. The first-order chi connectivity index (χ1) is 17.5. The minimum absolute atomic E-state index is 0.155. The number of nitrogens with zero attached hydrogens (tertiary/aromatic N) is 3. The van der Waals surface area contributed by atoms with Crippen LogP contribution in [-0.4, -0.2) is 56.8 Å². The Labute approximate surface area is 210 Å². The first-order valence-corrected chi connectivity index (χ1v) is 12.8. The standard InChI is InChI=1S/C27H33N5O4/c1-32-13-9-21-22(8-12-29-25(21)32)26(33)31-23(27(34)35)10-14-36-20-15-17(16-20)4-6-19-7-5-18-3-2-11-28-24(18)30-19/h5,7-9,12-13,17,20,23H,2-4,6,10-11,14-16H2,1H3,(H,28,30)(H,31,33)(H,34,35)/t17?,20?,23-/m0/s1. The topological polar surface area (TPSA) is 118 Å². The number of carbonyl (C=O) groups is 2. The van der Waals surface area contributed by atoms with Gasteiger partial charge in [0.1, 0.15) is 17.5 Å². The van der Waals surface area contributed by atoms with E-state index < -0.39 is 17.9 Å². The molecule has 0 saturated heterocycles. The third kappa shape index (κ3) is 5.36. The molecule has 1 amide bonds. The van der Waals surface area contributed by atoms with E-state index in [9.17, 15) is 14.7 Å². The van der Waals surface area contributed by atoms with Crippen LogP contribution >= 0.6 is 0 Å². The molecule has 3 aromatic heterocycles. The number of aryl methyl sites for hydroxylation is 3. The van der Waals surface area contributed by atoms with Gasteiger partial charge in [0.05, 0.1) is 11.7 Å². The highest BCUT2D eigenvalue weighted by Crippen LogP contribution is 2.34. The summed E-state index contributed by atoms with van der Waals surface area (Å²) in [6.07, 6.45) is 10.0. The molecule has 1 saturated carbocycles. The number of carboxylic acid groups (broad SMARTS) is 1. The molecule has 3 N–H and O–H groups in total. The molecule has 9 heteroatoms. The van der Waals surface area contributed by atoms with E-state index in [4.69, 9.17) is 9.72 Å². The molecule has 2 aliphatic rings. The van der Waals surface area contributed by atoms with Gasteiger partial charge in [-0.15, -0.1) is 0 Å². The number of pyridine rings is 2. The van der Waals surface area contributed by atoms with E-state index in [1.54, 1.807) is 12.3 Å². The van der Waals surface area contributed by atoms with E-state index in [1.807, 2.05) is 23.9 Å². The number of amides is 1. The molecule has 0 unspecified atom stereocenters. The zero-order valence-corrected chi connectivity index (χ0v) is 20.6. The maximum atomic E-state index is 12.8. The SMILES string of the molecule is Cn1ccc2c(C(=O)N[C@@H](CCOC3CC(CCc4ccc5c(n4)NCCC5)C3)C(=O)O)ccnc21. The maximum Gasteiger partial charge on any atom is 0.326 e. The molecule has 0 radical (unpaired) electrons. The first-order valence-electron chi connectivity index (χ1n) is 12.8. The van der Waals surface area contributed by atoms with Gasteiger partial charge in [0.2, 0.25) is 0 Å². The molecule has 36 heavy (non-hydrogen) atoms. The van der Waals surface area contributed by atoms with Crippen molar-refractivity contribution in [1.82, 2.24) is 19.9 Å². The summed E-state index contributed by atoms with van der Waals surface area (Å²) in [5.41, 5.74) is 3.54. The van der Waals surface area contributed by atoms with Gasteiger partial charge in [0.25, 0.3) is 5.91 Å². The molecule has 3 aromatic rings. The quantitative estimate of drug-likeness (QED) is 0.398. The number of nitrogens with one attached hydrogen (secondary N) is 2. The molecule has 0 spiro atoms. The van der Waals surface area contributed by atoms with Crippen molar-refractivity contribution in [2.24, 2.45) is 13.0 Å². The molecule has 1 aliphatic carbocycles. The fraction of sp³-hybridized carbons (Fsp3) is 0.481. The van der Waals surface area contributed by atoms with Gasteiger partial charge >= 0.3 is 5.97 Å². The van der Waals surface area contributed by atoms with Gasteiger partial charge in [0.15, 0.2) is 0 Å². The van der Waals surface area contributed by atoms with Crippen LogP contribution < -0.4 is 10.6 Å². The van der Waals surface area contributed by atoms with Crippen molar-refractivity contribution in [3.05, 3.63) is 53.5 Å². The third-order valence-electron chi connectivity index (χ3n) is 7.33. The van der Waals surface area contributed by atoms with Crippen molar-refractivity contribution < 1.29 is 19.4 Å². The molecule has 1 aliphatic heterocycles. The monoisotopic (exact) mass is 491 g/mol. The Kier molecular flexibility index (Phi) is 7.18. The van der Waals surface area contributed by atoms with Crippen LogP contribution in [0.3, 0.4) is 0 Å². The Balaban J connectivity index is 1.04. The van der Waals surface area contributed by atoms with Crippen molar-refractivity contribution in [1.29, 1.82) is 0 Å². The summed E-state index contributed by atoms with van der Waals surface area (Å²) in [5, 5.41) is 16.4. The number of carbonyl (C=O) groups excluding carboxylic acids is 1. The van der Waals surface area contributed by atoms with Gasteiger partial charge in [-0.1, -0.05) is 6.07 Å². The van der Waals surface area contributed by atoms with Gasteiger partial charge in [-0.05, 0) is 68.2 Å². The van der Waals surface area contributed by atoms with Crippen LogP contribution in [0.4, 0.5) is 5.82 Å². The Hall–Kier alpha value is -3.46. The Morgan fingerprint density at radius 1 is 1.28 bits per heavy atom. The second-order valence-corrected chi connectivity index (χ2v) is 9.88. The number of hydrogen-bond donors (Lipinski definition) is 3. The number of aromatic nitrogens is 3. The van der Waals surface area contributed by atoms with Crippen LogP contribution in [0.5, 0.6) is 0 Å². The zero-order valence-electron chi connectivity index (χ0n) is 20.6. The first kappa shape index (κ1) is 24.2. The summed E-state index contributed by atoms with van der Waals surface area (Å²) in [7, 11) is 1.85.